The Morgan fingerprint density at radius 1 is 1.18 bits per heavy atom. The van der Waals surface area contributed by atoms with Crippen molar-refractivity contribution in [3.05, 3.63) is 65.7 Å². The highest BCUT2D eigenvalue weighted by Gasteiger charge is 2.43. The topological polar surface area (TPSA) is 77.1 Å². The molecule has 1 fully saturated rings. The normalized spacial score (nSPS) is 20.4. The van der Waals surface area contributed by atoms with Crippen LogP contribution in [0.3, 0.4) is 0 Å². The van der Waals surface area contributed by atoms with Crippen LogP contribution in [0.25, 0.3) is 0 Å². The zero-order chi connectivity index (χ0) is 20.0. The summed E-state index contributed by atoms with van der Waals surface area (Å²) in [5.41, 5.74) is 1.89. The molecule has 1 saturated heterocycles. The Labute approximate surface area is 166 Å². The molecule has 0 radical (unpaired) electrons. The highest BCUT2D eigenvalue weighted by molar-refractivity contribution is 7.90. The van der Waals surface area contributed by atoms with Crippen molar-refractivity contribution in [2.24, 2.45) is 0 Å². The fourth-order valence-electron chi connectivity index (χ4n) is 3.20. The van der Waals surface area contributed by atoms with Crippen molar-refractivity contribution < 1.29 is 22.7 Å². The summed E-state index contributed by atoms with van der Waals surface area (Å²) < 4.78 is 38.9. The van der Waals surface area contributed by atoms with E-state index in [4.69, 9.17) is 14.3 Å². The highest BCUT2D eigenvalue weighted by Crippen LogP contribution is 2.34. The Morgan fingerprint density at radius 3 is 2.71 bits per heavy atom. The van der Waals surface area contributed by atoms with Crippen molar-refractivity contribution in [2.75, 3.05) is 33.9 Å². The van der Waals surface area contributed by atoms with E-state index in [0.717, 1.165) is 11.1 Å². The first kappa shape index (κ1) is 20.8. The van der Waals surface area contributed by atoms with Crippen molar-refractivity contribution in [1.29, 1.82) is 0 Å². The largest absolute Gasteiger partial charge is 0.489 e. The van der Waals surface area contributed by atoms with Crippen LogP contribution in [0.1, 0.15) is 17.2 Å². The Bertz CT molecular complexity index is 860. The maximum absolute atomic E-state index is 12.7. The highest BCUT2D eigenvalue weighted by atomic mass is 32.2. The molecule has 1 N–H and O–H groups in total. The van der Waals surface area contributed by atoms with Crippen LogP contribution in [0.15, 0.2) is 54.6 Å². The molecule has 152 valence electrons. The van der Waals surface area contributed by atoms with Gasteiger partial charge in [-0.25, -0.2) is 13.1 Å². The third-order valence-corrected chi connectivity index (χ3v) is 6.44. The number of methoxy groups -OCH3 is 1. The van der Waals surface area contributed by atoms with E-state index in [1.807, 2.05) is 54.6 Å². The van der Waals surface area contributed by atoms with Gasteiger partial charge in [-0.1, -0.05) is 42.5 Å². The van der Waals surface area contributed by atoms with E-state index >= 15 is 0 Å². The van der Waals surface area contributed by atoms with Gasteiger partial charge in [-0.05, 0) is 23.3 Å². The summed E-state index contributed by atoms with van der Waals surface area (Å²) in [5, 5.41) is 0.870. The molecule has 0 spiro atoms. The van der Waals surface area contributed by atoms with Crippen molar-refractivity contribution in [2.45, 2.75) is 17.9 Å². The molecule has 1 aliphatic rings. The minimum Gasteiger partial charge on any atom is -0.489 e. The second-order valence-electron chi connectivity index (χ2n) is 6.60. The molecule has 3 rings (SSSR count). The van der Waals surface area contributed by atoms with Gasteiger partial charge in [0.25, 0.3) is 0 Å². The first-order valence-corrected chi connectivity index (χ1v) is 10.7. The van der Waals surface area contributed by atoms with Crippen LogP contribution in [0.2, 0.25) is 0 Å². The molecule has 2 aromatic rings. The molecule has 0 bridgehead atoms. The van der Waals surface area contributed by atoms with Crippen LogP contribution in [-0.2, 0) is 26.2 Å². The number of ether oxygens (including phenoxy) is 2. The summed E-state index contributed by atoms with van der Waals surface area (Å²) in [6.07, 6.45) is 0. The second kappa shape index (κ2) is 9.49. The maximum atomic E-state index is 12.7. The molecular weight excluding hydrogens is 380 g/mol. The Kier molecular flexibility index (Phi) is 7.03. The summed E-state index contributed by atoms with van der Waals surface area (Å²) in [6.45, 7) is 1.09. The average molecular weight is 407 g/mol. The summed E-state index contributed by atoms with van der Waals surface area (Å²) in [5.74, 6) is 0.685. The Morgan fingerprint density at radius 2 is 1.96 bits per heavy atom. The maximum Gasteiger partial charge on any atom is 0.218 e. The number of hydroxylamine groups is 2. The van der Waals surface area contributed by atoms with Gasteiger partial charge in [0.15, 0.2) is 0 Å². The van der Waals surface area contributed by atoms with Crippen LogP contribution in [0, 0.1) is 0 Å². The van der Waals surface area contributed by atoms with E-state index in [1.165, 1.54) is 7.11 Å². The minimum absolute atomic E-state index is 0.0958. The van der Waals surface area contributed by atoms with Crippen molar-refractivity contribution in [3.63, 3.8) is 0 Å². The number of sulfonamides is 1. The van der Waals surface area contributed by atoms with Gasteiger partial charge in [0, 0.05) is 20.7 Å². The molecule has 1 aliphatic heterocycles. The smallest absolute Gasteiger partial charge is 0.218 e. The number of rotatable bonds is 9. The van der Waals surface area contributed by atoms with Crippen LogP contribution in [-0.4, -0.2) is 52.6 Å². The van der Waals surface area contributed by atoms with Crippen LogP contribution < -0.4 is 9.46 Å². The first-order valence-electron chi connectivity index (χ1n) is 9.11. The van der Waals surface area contributed by atoms with Crippen LogP contribution in [0.4, 0.5) is 0 Å². The van der Waals surface area contributed by atoms with Gasteiger partial charge >= 0.3 is 0 Å². The number of benzene rings is 2. The lowest BCUT2D eigenvalue weighted by Crippen LogP contribution is -2.40. The molecule has 0 aromatic heterocycles. The summed E-state index contributed by atoms with van der Waals surface area (Å²) in [6, 6.07) is 16.9. The molecule has 2 atom stereocenters. The van der Waals surface area contributed by atoms with Gasteiger partial charge in [0.05, 0.1) is 19.3 Å². The quantitative estimate of drug-likeness (QED) is 0.643. The fourth-order valence-corrected chi connectivity index (χ4v) is 4.69. The molecule has 0 amide bonds. The van der Waals surface area contributed by atoms with E-state index in [1.54, 1.807) is 12.1 Å². The van der Waals surface area contributed by atoms with E-state index in [9.17, 15) is 8.42 Å². The van der Waals surface area contributed by atoms with E-state index in [-0.39, 0.29) is 13.2 Å². The van der Waals surface area contributed by atoms with Gasteiger partial charge < -0.3 is 9.47 Å². The third-order valence-electron chi connectivity index (χ3n) is 4.64. The van der Waals surface area contributed by atoms with Crippen LogP contribution >= 0.6 is 0 Å². The lowest BCUT2D eigenvalue weighted by molar-refractivity contribution is -0.110. The Balaban J connectivity index is 1.75. The molecule has 8 heteroatoms. The van der Waals surface area contributed by atoms with E-state index < -0.39 is 21.3 Å². The van der Waals surface area contributed by atoms with Gasteiger partial charge in [0.2, 0.25) is 10.0 Å². The third kappa shape index (κ3) is 5.09. The zero-order valence-corrected chi connectivity index (χ0v) is 16.9. The average Bonchev–Trinajstić information content (AvgIpc) is 3.10. The van der Waals surface area contributed by atoms with Gasteiger partial charge in [-0.3, -0.25) is 4.84 Å². The fraction of sp³-hybridized carbons (Fsp3) is 0.400. The van der Waals surface area contributed by atoms with Crippen molar-refractivity contribution >= 4 is 10.0 Å². The molecule has 0 aliphatic carbocycles. The van der Waals surface area contributed by atoms with Gasteiger partial charge in [-0.15, -0.1) is 0 Å². The predicted octanol–water partition coefficient (Wildman–Crippen LogP) is 2.12. The van der Waals surface area contributed by atoms with E-state index in [2.05, 4.69) is 4.72 Å². The monoisotopic (exact) mass is 406 g/mol. The zero-order valence-electron chi connectivity index (χ0n) is 16.1. The summed E-state index contributed by atoms with van der Waals surface area (Å²) in [4.78, 5) is 5.54. The molecular formula is C20H26N2O5S. The van der Waals surface area contributed by atoms with Crippen LogP contribution in [0.5, 0.6) is 5.75 Å². The number of hydrogen-bond donors (Lipinski definition) is 1. The number of hydrogen-bond acceptors (Lipinski definition) is 6. The lowest BCUT2D eigenvalue weighted by atomic mass is 10.0. The molecule has 28 heavy (non-hydrogen) atoms. The molecule has 7 nitrogen and oxygen atoms in total. The van der Waals surface area contributed by atoms with Crippen molar-refractivity contribution in [3.8, 4) is 5.75 Å². The lowest BCUT2D eigenvalue weighted by Gasteiger charge is -2.23. The minimum atomic E-state index is -3.57. The molecule has 2 aromatic carbocycles. The summed E-state index contributed by atoms with van der Waals surface area (Å²) in [7, 11) is -0.293. The summed E-state index contributed by atoms with van der Waals surface area (Å²) >= 11 is 0. The SMILES string of the molecule is COCCNS(=O)(=O)C1CON(C)C1c1cccc(OCc2ccccc2)c1. The number of nitrogens with zero attached hydrogens (tertiary/aromatic N) is 1. The van der Waals surface area contributed by atoms with Gasteiger partial charge in [-0.2, -0.15) is 5.06 Å². The molecule has 2 unspecified atom stereocenters. The standard InChI is InChI=1S/C20H26N2O5S/c1-22-20(19(15-27-22)28(23,24)21-11-12-25-2)17-9-6-10-18(13-17)26-14-16-7-4-3-5-8-16/h3-10,13,19-21H,11-12,14-15H2,1-2H3. The first-order chi connectivity index (χ1) is 13.5. The predicted molar refractivity (Wildman–Crippen MR) is 106 cm³/mol. The molecule has 0 saturated carbocycles. The van der Waals surface area contributed by atoms with Gasteiger partial charge in [0.1, 0.15) is 17.6 Å². The molecule has 1 heterocycles. The Hall–Kier alpha value is -1.97. The van der Waals surface area contributed by atoms with Crippen molar-refractivity contribution in [1.82, 2.24) is 9.79 Å². The number of nitrogens with one attached hydrogen (secondary N) is 1. The second-order valence-corrected chi connectivity index (χ2v) is 8.59. The van der Waals surface area contributed by atoms with E-state index in [0.29, 0.717) is 19.0 Å².